The first kappa shape index (κ1) is 31.8. The standard InChI is InChI=1S/C33H23N3.C12H10N.Ir/c1-21-16-22(2)18-24(17-21)35-20-34(31-12-5-6-13-32(31)35)23-14-15-30-28(19-23)27-10-7-9-26-25-8-3-4-11-29(25)36(30)33(26)27;1-10-7-8-12(13-9-10)11-5-3-2-4-6-11;/h3-13,15-20H,1-2H3;2-5,7-9H,1H3;/q-2;-1;+3. The molecule has 0 amide bonds. The normalized spacial score (nSPS) is 12.4. The van der Waals surface area contributed by atoms with E-state index >= 15 is 0 Å². The van der Waals surface area contributed by atoms with Crippen LogP contribution in [0.1, 0.15) is 16.7 Å². The van der Waals surface area contributed by atoms with Crippen LogP contribution in [0.5, 0.6) is 0 Å². The first-order valence-corrected chi connectivity index (χ1v) is 16.6. The van der Waals surface area contributed by atoms with Gasteiger partial charge in [0.05, 0.1) is 0 Å². The van der Waals surface area contributed by atoms with Crippen LogP contribution in [0.4, 0.5) is 22.7 Å². The van der Waals surface area contributed by atoms with Crippen LogP contribution in [0.25, 0.3) is 49.4 Å². The third kappa shape index (κ3) is 5.31. The molecule has 3 aromatic heterocycles. The molecule has 1 aliphatic heterocycles. The molecule has 0 atom stereocenters. The van der Waals surface area contributed by atoms with Crippen LogP contribution in [-0.4, -0.2) is 9.38 Å². The Kier molecular flexibility index (Phi) is 8.11. The van der Waals surface area contributed by atoms with Crippen LogP contribution in [0.3, 0.4) is 0 Å². The zero-order chi connectivity index (χ0) is 33.1. The third-order valence-electron chi connectivity index (χ3n) is 9.41. The largest absolute Gasteiger partial charge is 3.00 e. The van der Waals surface area contributed by atoms with Gasteiger partial charge in [0.15, 0.2) is 0 Å². The van der Waals surface area contributed by atoms with Crippen molar-refractivity contribution in [2.75, 3.05) is 9.80 Å². The van der Waals surface area contributed by atoms with Gasteiger partial charge in [0.2, 0.25) is 0 Å². The van der Waals surface area contributed by atoms with E-state index in [0.717, 1.165) is 22.6 Å². The Hall–Kier alpha value is -5.48. The molecule has 0 bridgehead atoms. The van der Waals surface area contributed by atoms with E-state index in [0.29, 0.717) is 0 Å². The fraction of sp³-hybridized carbons (Fsp3) is 0.0667. The fourth-order valence-electron chi connectivity index (χ4n) is 7.28. The van der Waals surface area contributed by atoms with Gasteiger partial charge in [0, 0.05) is 45.1 Å². The predicted octanol–water partition coefficient (Wildman–Crippen LogP) is 11.5. The van der Waals surface area contributed by atoms with Crippen molar-refractivity contribution in [3.05, 3.63) is 175 Å². The number of aromatic nitrogens is 2. The van der Waals surface area contributed by atoms with E-state index < -0.39 is 0 Å². The predicted molar refractivity (Wildman–Crippen MR) is 204 cm³/mol. The number of fused-ring (bicyclic) bond motifs is 7. The minimum absolute atomic E-state index is 0. The van der Waals surface area contributed by atoms with Crippen molar-refractivity contribution in [1.29, 1.82) is 0 Å². The summed E-state index contributed by atoms with van der Waals surface area (Å²) in [6.45, 7) is 8.54. The minimum Gasteiger partial charge on any atom is -0.493 e. The molecule has 6 aromatic carbocycles. The van der Waals surface area contributed by atoms with Crippen molar-refractivity contribution in [1.82, 2.24) is 9.38 Å². The number of benzene rings is 6. The summed E-state index contributed by atoms with van der Waals surface area (Å²) >= 11 is 0. The maximum absolute atomic E-state index is 4.32. The van der Waals surface area contributed by atoms with Crippen molar-refractivity contribution >= 4 is 60.8 Å². The molecule has 0 radical (unpaired) electrons. The van der Waals surface area contributed by atoms with Crippen LogP contribution in [0.15, 0.2) is 140 Å². The van der Waals surface area contributed by atoms with Gasteiger partial charge in [0.25, 0.3) is 0 Å². The molecule has 50 heavy (non-hydrogen) atoms. The zero-order valence-electron chi connectivity index (χ0n) is 28.0. The fourth-order valence-corrected chi connectivity index (χ4v) is 7.28. The average Bonchev–Trinajstić information content (AvgIpc) is 3.80. The summed E-state index contributed by atoms with van der Waals surface area (Å²) in [5, 5.41) is 5.15. The quantitative estimate of drug-likeness (QED) is 0.166. The maximum atomic E-state index is 4.32. The summed E-state index contributed by atoms with van der Waals surface area (Å²) < 4.78 is 2.40. The number of pyridine rings is 1. The Morgan fingerprint density at radius 1 is 0.580 bits per heavy atom. The van der Waals surface area contributed by atoms with E-state index in [2.05, 4.69) is 155 Å². The van der Waals surface area contributed by atoms with Gasteiger partial charge in [-0.15, -0.1) is 59.7 Å². The Bertz CT molecular complexity index is 2600. The first-order chi connectivity index (χ1) is 24.0. The van der Waals surface area contributed by atoms with Gasteiger partial charge in [-0.3, -0.25) is 0 Å². The smallest absolute Gasteiger partial charge is 0.493 e. The maximum Gasteiger partial charge on any atom is 3.00 e. The number of para-hydroxylation sites is 4. The summed E-state index contributed by atoms with van der Waals surface area (Å²) in [7, 11) is 0. The van der Waals surface area contributed by atoms with Crippen LogP contribution < -0.4 is 9.80 Å². The number of nitrogens with zero attached hydrogens (tertiary/aromatic N) is 4. The van der Waals surface area contributed by atoms with Gasteiger partial charge < -0.3 is 19.2 Å². The molecule has 9 aromatic rings. The molecule has 0 unspecified atom stereocenters. The molecule has 0 saturated heterocycles. The third-order valence-corrected chi connectivity index (χ3v) is 9.41. The van der Waals surface area contributed by atoms with Gasteiger partial charge in [-0.1, -0.05) is 72.2 Å². The number of hydrogen-bond donors (Lipinski definition) is 0. The van der Waals surface area contributed by atoms with Crippen LogP contribution in [0.2, 0.25) is 0 Å². The zero-order valence-corrected chi connectivity index (χ0v) is 30.4. The molecule has 0 saturated carbocycles. The second-order valence-electron chi connectivity index (χ2n) is 12.9. The SMILES string of the molecule is Cc1cc(C)cc(N2[CH-]N(c3[c-]cc4c(c3)c3cccc5c6ccccc6n4c35)c3ccccc32)c1.Cc1ccc(-c2[c-]cccc2)nc1.[Ir+3]. The van der Waals surface area contributed by atoms with Crippen LogP contribution >= 0.6 is 0 Å². The van der Waals surface area contributed by atoms with E-state index in [9.17, 15) is 0 Å². The molecule has 10 rings (SSSR count). The molecule has 4 nitrogen and oxygen atoms in total. The first-order valence-electron chi connectivity index (χ1n) is 16.6. The van der Waals surface area contributed by atoms with Gasteiger partial charge in [-0.2, -0.15) is 12.1 Å². The molecule has 0 aliphatic carbocycles. The Balaban J connectivity index is 0.000000218. The summed E-state index contributed by atoms with van der Waals surface area (Å²) in [5.74, 6) is 0. The van der Waals surface area contributed by atoms with Gasteiger partial charge in [-0.05, 0) is 78.9 Å². The van der Waals surface area contributed by atoms with Crippen molar-refractivity contribution in [2.24, 2.45) is 0 Å². The molecule has 0 N–H and O–H groups in total. The van der Waals surface area contributed by atoms with Crippen LogP contribution in [-0.2, 0) is 20.1 Å². The van der Waals surface area contributed by atoms with Crippen molar-refractivity contribution in [2.45, 2.75) is 20.8 Å². The van der Waals surface area contributed by atoms with Gasteiger partial charge >= 0.3 is 20.1 Å². The van der Waals surface area contributed by atoms with E-state index in [1.165, 1.54) is 66.2 Å². The Labute approximate surface area is 305 Å². The molecule has 242 valence electrons. The second kappa shape index (κ2) is 12.8. The van der Waals surface area contributed by atoms with Crippen molar-refractivity contribution < 1.29 is 20.1 Å². The minimum atomic E-state index is 0. The number of anilines is 4. The summed E-state index contributed by atoms with van der Waals surface area (Å²) in [6.07, 6.45) is 1.87. The van der Waals surface area contributed by atoms with Crippen LogP contribution in [0, 0.1) is 39.6 Å². The summed E-state index contributed by atoms with van der Waals surface area (Å²) in [5.41, 5.74) is 14.0. The van der Waals surface area contributed by atoms with E-state index in [-0.39, 0.29) is 20.1 Å². The Morgan fingerprint density at radius 2 is 1.28 bits per heavy atom. The van der Waals surface area contributed by atoms with E-state index in [4.69, 9.17) is 0 Å². The Morgan fingerprint density at radius 3 is 2.02 bits per heavy atom. The van der Waals surface area contributed by atoms with Crippen molar-refractivity contribution in [3.8, 4) is 11.3 Å². The topological polar surface area (TPSA) is 23.8 Å². The number of rotatable bonds is 3. The number of hydrogen-bond acceptors (Lipinski definition) is 3. The van der Waals surface area contributed by atoms with E-state index in [1.54, 1.807) is 0 Å². The van der Waals surface area contributed by atoms with E-state index in [1.807, 2.05) is 43.5 Å². The molecule has 0 fully saturated rings. The average molecular weight is 822 g/mol. The summed E-state index contributed by atoms with van der Waals surface area (Å²) in [6, 6.07) is 53.8. The summed E-state index contributed by atoms with van der Waals surface area (Å²) in [4.78, 5) is 8.87. The molecular formula is C45H33IrN4. The second-order valence-corrected chi connectivity index (χ2v) is 12.9. The molecule has 1 aliphatic rings. The molecule has 4 heterocycles. The monoisotopic (exact) mass is 822 g/mol. The van der Waals surface area contributed by atoms with Gasteiger partial charge in [0.1, 0.15) is 0 Å². The molecule has 0 spiro atoms. The molecule has 5 heteroatoms. The van der Waals surface area contributed by atoms with Gasteiger partial charge in [-0.25, -0.2) is 0 Å². The van der Waals surface area contributed by atoms with Crippen molar-refractivity contribution in [3.63, 3.8) is 0 Å². The molecular weight excluding hydrogens is 789 g/mol. The number of aryl methyl sites for hydroxylation is 3.